The van der Waals surface area contributed by atoms with Crippen LogP contribution in [0.15, 0.2) is 132 Å². The molecule has 0 saturated heterocycles. The molecule has 0 amide bonds. The molecule has 186 valence electrons. The van der Waals surface area contributed by atoms with Crippen molar-refractivity contribution in [3.8, 4) is 11.1 Å². The first-order valence-corrected chi connectivity index (χ1v) is 13.5. The van der Waals surface area contributed by atoms with Crippen molar-refractivity contribution in [3.63, 3.8) is 0 Å². The van der Waals surface area contributed by atoms with Crippen molar-refractivity contribution in [1.82, 2.24) is 0 Å². The summed E-state index contributed by atoms with van der Waals surface area (Å²) in [5.41, 5.74) is 10.5. The second-order valence-corrected chi connectivity index (χ2v) is 11.0. The van der Waals surface area contributed by atoms with Crippen LogP contribution in [0.2, 0.25) is 0 Å². The molecule has 2 heteroatoms. The highest BCUT2D eigenvalue weighted by molar-refractivity contribution is 6.14. The molecule has 0 fully saturated rings. The first-order valence-electron chi connectivity index (χ1n) is 13.5. The van der Waals surface area contributed by atoms with Crippen molar-refractivity contribution >= 4 is 49.8 Å². The van der Waals surface area contributed by atoms with Gasteiger partial charge in [0.15, 0.2) is 0 Å². The molecule has 8 rings (SSSR count). The van der Waals surface area contributed by atoms with Gasteiger partial charge in [-0.2, -0.15) is 0 Å². The Balaban J connectivity index is 1.49. The quantitative estimate of drug-likeness (QED) is 0.239. The number of anilines is 3. The zero-order valence-electron chi connectivity index (χ0n) is 22.0. The van der Waals surface area contributed by atoms with Crippen molar-refractivity contribution in [2.45, 2.75) is 19.3 Å². The third-order valence-electron chi connectivity index (χ3n) is 8.44. The number of para-hydroxylation sites is 1. The molecule has 1 aromatic heterocycles. The summed E-state index contributed by atoms with van der Waals surface area (Å²) in [5.74, 6) is 0. The summed E-state index contributed by atoms with van der Waals surface area (Å²) in [7, 11) is 0. The van der Waals surface area contributed by atoms with Crippen LogP contribution < -0.4 is 4.90 Å². The molecule has 0 bridgehead atoms. The molecule has 0 unspecified atom stereocenters. The lowest BCUT2D eigenvalue weighted by molar-refractivity contribution is 0.660. The fraction of sp³-hybridized carbons (Fsp3) is 0.0811. The maximum Gasteiger partial charge on any atom is 0.137 e. The lowest BCUT2D eigenvalue weighted by Gasteiger charge is -2.29. The first kappa shape index (κ1) is 22.2. The highest BCUT2D eigenvalue weighted by atomic mass is 16.3. The standard InChI is InChI=1S/C37H27NO/c1-37(2)29-15-7-5-13-27(29)35-30(37)16-9-17-31(35)38(26-22-21-24-11-3-4-12-25(24)23-26)32-18-10-20-34-36(32)28-14-6-8-19-33(28)39-34/h3-23H,1-2H3. The third-order valence-corrected chi connectivity index (χ3v) is 8.44. The Morgan fingerprint density at radius 3 is 2.18 bits per heavy atom. The van der Waals surface area contributed by atoms with E-state index in [1.165, 1.54) is 38.7 Å². The molecule has 1 heterocycles. The van der Waals surface area contributed by atoms with Crippen molar-refractivity contribution in [2.24, 2.45) is 0 Å². The molecule has 0 radical (unpaired) electrons. The number of hydrogen-bond donors (Lipinski definition) is 0. The predicted octanol–water partition coefficient (Wildman–Crippen LogP) is 10.5. The predicted molar refractivity (Wildman–Crippen MR) is 163 cm³/mol. The zero-order valence-corrected chi connectivity index (χ0v) is 22.0. The van der Waals surface area contributed by atoms with Crippen LogP contribution in [-0.2, 0) is 5.41 Å². The number of furan rings is 1. The van der Waals surface area contributed by atoms with Crippen LogP contribution in [0.5, 0.6) is 0 Å². The lowest BCUT2D eigenvalue weighted by Crippen LogP contribution is -2.16. The van der Waals surface area contributed by atoms with Gasteiger partial charge in [0, 0.05) is 22.1 Å². The van der Waals surface area contributed by atoms with E-state index in [0.29, 0.717) is 0 Å². The average molecular weight is 502 g/mol. The Bertz CT molecular complexity index is 2060. The van der Waals surface area contributed by atoms with Crippen LogP contribution in [-0.4, -0.2) is 0 Å². The molecule has 0 spiro atoms. The van der Waals surface area contributed by atoms with Gasteiger partial charge in [-0.1, -0.05) is 105 Å². The van der Waals surface area contributed by atoms with E-state index in [2.05, 4.69) is 140 Å². The molecule has 0 aliphatic heterocycles. The van der Waals surface area contributed by atoms with E-state index >= 15 is 0 Å². The van der Waals surface area contributed by atoms with Crippen molar-refractivity contribution < 1.29 is 4.42 Å². The van der Waals surface area contributed by atoms with Crippen molar-refractivity contribution in [2.75, 3.05) is 4.90 Å². The molecule has 39 heavy (non-hydrogen) atoms. The third kappa shape index (κ3) is 3.15. The number of benzene rings is 6. The molecule has 1 aliphatic rings. The molecule has 0 atom stereocenters. The number of nitrogens with zero attached hydrogens (tertiary/aromatic N) is 1. The van der Waals surface area contributed by atoms with E-state index < -0.39 is 0 Å². The van der Waals surface area contributed by atoms with E-state index in [1.54, 1.807) is 0 Å². The van der Waals surface area contributed by atoms with E-state index in [-0.39, 0.29) is 5.41 Å². The smallest absolute Gasteiger partial charge is 0.137 e. The topological polar surface area (TPSA) is 16.4 Å². The van der Waals surface area contributed by atoms with Gasteiger partial charge in [0.05, 0.1) is 16.8 Å². The summed E-state index contributed by atoms with van der Waals surface area (Å²) in [5, 5.41) is 4.71. The van der Waals surface area contributed by atoms with Gasteiger partial charge in [-0.25, -0.2) is 0 Å². The number of hydrogen-bond acceptors (Lipinski definition) is 2. The SMILES string of the molecule is CC1(C)c2ccccc2-c2c(N(c3ccc4ccccc4c3)c3cccc4oc5ccccc5c34)cccc21. The molecular formula is C37H27NO. The minimum Gasteiger partial charge on any atom is -0.456 e. The summed E-state index contributed by atoms with van der Waals surface area (Å²) in [6, 6.07) is 45.8. The van der Waals surface area contributed by atoms with Crippen LogP contribution >= 0.6 is 0 Å². The van der Waals surface area contributed by atoms with Crippen LogP contribution in [0.25, 0.3) is 43.8 Å². The van der Waals surface area contributed by atoms with E-state index in [0.717, 1.165) is 33.3 Å². The van der Waals surface area contributed by atoms with Crippen LogP contribution in [0.4, 0.5) is 17.1 Å². The van der Waals surface area contributed by atoms with Gasteiger partial charge in [0.1, 0.15) is 11.2 Å². The summed E-state index contributed by atoms with van der Waals surface area (Å²) in [6.07, 6.45) is 0. The van der Waals surface area contributed by atoms with Crippen LogP contribution in [0.3, 0.4) is 0 Å². The lowest BCUT2D eigenvalue weighted by atomic mass is 9.82. The molecule has 0 saturated carbocycles. The normalized spacial score (nSPS) is 13.6. The molecule has 7 aromatic rings. The minimum atomic E-state index is -0.0780. The fourth-order valence-corrected chi connectivity index (χ4v) is 6.59. The minimum absolute atomic E-state index is 0.0780. The Labute approximate surface area is 227 Å². The Hall–Kier alpha value is -4.82. The second-order valence-electron chi connectivity index (χ2n) is 11.0. The molecule has 1 aliphatic carbocycles. The van der Waals surface area contributed by atoms with E-state index in [1.807, 2.05) is 6.07 Å². The van der Waals surface area contributed by atoms with Gasteiger partial charge >= 0.3 is 0 Å². The number of fused-ring (bicyclic) bond motifs is 7. The summed E-state index contributed by atoms with van der Waals surface area (Å²) in [4.78, 5) is 2.44. The van der Waals surface area contributed by atoms with Crippen LogP contribution in [0.1, 0.15) is 25.0 Å². The van der Waals surface area contributed by atoms with E-state index in [9.17, 15) is 0 Å². The average Bonchev–Trinajstić information content (AvgIpc) is 3.47. The van der Waals surface area contributed by atoms with Gasteiger partial charge in [-0.15, -0.1) is 0 Å². The zero-order chi connectivity index (χ0) is 26.1. The fourth-order valence-electron chi connectivity index (χ4n) is 6.59. The Kier molecular flexibility index (Phi) is 4.60. The van der Waals surface area contributed by atoms with Gasteiger partial charge in [0.25, 0.3) is 0 Å². The Morgan fingerprint density at radius 2 is 1.26 bits per heavy atom. The van der Waals surface area contributed by atoms with Gasteiger partial charge < -0.3 is 9.32 Å². The van der Waals surface area contributed by atoms with Gasteiger partial charge in [-0.05, 0) is 63.9 Å². The highest BCUT2D eigenvalue weighted by Crippen LogP contribution is 2.55. The first-order chi connectivity index (χ1) is 19.1. The molecular weight excluding hydrogens is 474 g/mol. The summed E-state index contributed by atoms with van der Waals surface area (Å²) >= 11 is 0. The highest BCUT2D eigenvalue weighted by Gasteiger charge is 2.37. The van der Waals surface area contributed by atoms with Gasteiger partial charge in [0.2, 0.25) is 0 Å². The second kappa shape index (κ2) is 8.09. The number of rotatable bonds is 3. The molecule has 0 N–H and O–H groups in total. The van der Waals surface area contributed by atoms with Gasteiger partial charge in [-0.3, -0.25) is 0 Å². The van der Waals surface area contributed by atoms with Crippen molar-refractivity contribution in [3.05, 3.63) is 139 Å². The maximum atomic E-state index is 6.34. The van der Waals surface area contributed by atoms with Crippen molar-refractivity contribution in [1.29, 1.82) is 0 Å². The van der Waals surface area contributed by atoms with E-state index in [4.69, 9.17) is 4.42 Å². The molecule has 2 nitrogen and oxygen atoms in total. The monoisotopic (exact) mass is 501 g/mol. The summed E-state index contributed by atoms with van der Waals surface area (Å²) in [6.45, 7) is 4.68. The Morgan fingerprint density at radius 1 is 0.564 bits per heavy atom. The summed E-state index contributed by atoms with van der Waals surface area (Å²) < 4.78 is 6.34. The molecule has 6 aromatic carbocycles. The van der Waals surface area contributed by atoms with Crippen LogP contribution in [0, 0.1) is 0 Å². The maximum absolute atomic E-state index is 6.34. The largest absolute Gasteiger partial charge is 0.456 e.